The number of sulfonamides is 1. The molecule has 1 aliphatic carbocycles. The number of carbonyl (C=O) groups excluding carboxylic acids is 2. The molecule has 1 amide bonds. The summed E-state index contributed by atoms with van der Waals surface area (Å²) in [5.74, 6) is -0.125. The van der Waals surface area contributed by atoms with Crippen LogP contribution in [0.2, 0.25) is 0 Å². The van der Waals surface area contributed by atoms with Gasteiger partial charge in [-0.3, -0.25) is 9.59 Å². The maximum atomic E-state index is 12.8. The Labute approximate surface area is 166 Å². The zero-order chi connectivity index (χ0) is 20.1. The molecule has 1 heterocycles. The van der Waals surface area contributed by atoms with E-state index in [1.165, 1.54) is 29.3 Å². The van der Waals surface area contributed by atoms with E-state index in [0.717, 1.165) is 12.8 Å². The molecule has 28 heavy (non-hydrogen) atoms. The number of hydrogen-bond donors (Lipinski definition) is 2. The molecule has 0 aromatic heterocycles. The first kappa shape index (κ1) is 21.0. The molecule has 8 heteroatoms. The van der Waals surface area contributed by atoms with Crippen LogP contribution in [0.15, 0.2) is 35.2 Å². The highest BCUT2D eigenvalue weighted by Crippen LogP contribution is 2.28. The van der Waals surface area contributed by atoms with Gasteiger partial charge in [-0.2, -0.15) is 4.31 Å². The highest BCUT2D eigenvalue weighted by atomic mass is 32.2. The highest BCUT2D eigenvalue weighted by Gasteiger charge is 2.33. The van der Waals surface area contributed by atoms with Crippen molar-refractivity contribution in [2.75, 3.05) is 13.1 Å². The average Bonchev–Trinajstić information content (AvgIpc) is 3.12. The third-order valence-electron chi connectivity index (χ3n) is 5.72. The van der Waals surface area contributed by atoms with Gasteiger partial charge in [-0.25, -0.2) is 8.42 Å². The summed E-state index contributed by atoms with van der Waals surface area (Å²) in [7, 11) is -3.73. The van der Waals surface area contributed by atoms with Crippen LogP contribution in [0.25, 0.3) is 0 Å². The summed E-state index contributed by atoms with van der Waals surface area (Å²) in [6.45, 7) is 0.0174. The number of hydrogen-bond acceptors (Lipinski definition) is 5. The van der Waals surface area contributed by atoms with E-state index in [1.807, 2.05) is 0 Å². The van der Waals surface area contributed by atoms with E-state index < -0.39 is 22.1 Å². The molecule has 0 spiro atoms. The van der Waals surface area contributed by atoms with Crippen molar-refractivity contribution in [1.29, 1.82) is 0 Å². The molecule has 154 valence electrons. The van der Waals surface area contributed by atoms with Gasteiger partial charge in [-0.1, -0.05) is 43.9 Å². The third kappa shape index (κ3) is 4.98. The van der Waals surface area contributed by atoms with Crippen LogP contribution in [0.5, 0.6) is 0 Å². The van der Waals surface area contributed by atoms with Crippen LogP contribution in [0.4, 0.5) is 0 Å². The van der Waals surface area contributed by atoms with E-state index in [0.29, 0.717) is 25.2 Å². The lowest BCUT2D eigenvalue weighted by molar-refractivity contribution is -0.128. The summed E-state index contributed by atoms with van der Waals surface area (Å²) in [4.78, 5) is 25.3. The molecule has 2 aliphatic rings. The lowest BCUT2D eigenvalue weighted by Gasteiger charge is -2.21. The van der Waals surface area contributed by atoms with Crippen molar-refractivity contribution in [3.05, 3.63) is 30.3 Å². The molecule has 3 rings (SSSR count). The molecule has 2 fully saturated rings. The zero-order valence-corrected chi connectivity index (χ0v) is 16.9. The molecular weight excluding hydrogens is 378 g/mol. The Hall–Kier alpha value is -1.77. The maximum Gasteiger partial charge on any atom is 0.243 e. The molecule has 1 unspecified atom stereocenters. The van der Waals surface area contributed by atoms with Crippen molar-refractivity contribution in [3.63, 3.8) is 0 Å². The zero-order valence-electron chi connectivity index (χ0n) is 16.0. The minimum atomic E-state index is -3.73. The number of rotatable bonds is 6. The van der Waals surface area contributed by atoms with Gasteiger partial charge in [0, 0.05) is 6.54 Å². The average molecular weight is 408 g/mol. The molecule has 1 aliphatic heterocycles. The Bertz CT molecular complexity index is 791. The lowest BCUT2D eigenvalue weighted by Crippen LogP contribution is -2.50. The van der Waals surface area contributed by atoms with Crippen molar-refractivity contribution in [1.82, 2.24) is 9.62 Å². The van der Waals surface area contributed by atoms with Gasteiger partial charge in [0.1, 0.15) is 0 Å². The Morgan fingerprint density at radius 3 is 2.50 bits per heavy atom. The van der Waals surface area contributed by atoms with Crippen molar-refractivity contribution >= 4 is 21.7 Å². The van der Waals surface area contributed by atoms with Crippen LogP contribution >= 0.6 is 0 Å². The van der Waals surface area contributed by atoms with Crippen molar-refractivity contribution < 1.29 is 18.0 Å². The lowest BCUT2D eigenvalue weighted by atomic mass is 9.98. The van der Waals surface area contributed by atoms with E-state index in [1.54, 1.807) is 18.2 Å². The van der Waals surface area contributed by atoms with Crippen LogP contribution in [0.3, 0.4) is 0 Å². The number of nitrogens with one attached hydrogen (secondary N) is 1. The predicted octanol–water partition coefficient (Wildman–Crippen LogP) is 1.43. The number of ketones is 1. The standard InChI is InChI=1S/C20H29N3O4S/c21-17(13-15-7-4-5-8-15)20(25)22-18-11-6-12-23(14-19(18)24)28(26,27)16-9-2-1-3-10-16/h1-3,9-10,15,17-18H,4-8,11-14,21H2,(H,22,25)/t17-,18?/m0/s1. The monoisotopic (exact) mass is 407 g/mol. The second-order valence-corrected chi connectivity index (χ2v) is 9.75. The van der Waals surface area contributed by atoms with E-state index >= 15 is 0 Å². The first-order valence-electron chi connectivity index (χ1n) is 10.0. The van der Waals surface area contributed by atoms with Gasteiger partial charge in [0.2, 0.25) is 15.9 Å². The Morgan fingerprint density at radius 2 is 1.82 bits per heavy atom. The van der Waals surface area contributed by atoms with E-state index in [-0.39, 0.29) is 29.7 Å². The van der Waals surface area contributed by atoms with Gasteiger partial charge in [0.05, 0.1) is 23.5 Å². The molecule has 1 aromatic rings. The Morgan fingerprint density at radius 1 is 1.14 bits per heavy atom. The third-order valence-corrected chi connectivity index (χ3v) is 7.58. The summed E-state index contributed by atoms with van der Waals surface area (Å²) >= 11 is 0. The Kier molecular flexibility index (Phi) is 6.85. The number of benzene rings is 1. The topological polar surface area (TPSA) is 110 Å². The fourth-order valence-corrected chi connectivity index (χ4v) is 5.55. The minimum absolute atomic E-state index is 0.170. The molecule has 0 bridgehead atoms. The molecule has 3 N–H and O–H groups in total. The minimum Gasteiger partial charge on any atom is -0.345 e. The van der Waals surface area contributed by atoms with Crippen LogP contribution < -0.4 is 11.1 Å². The summed E-state index contributed by atoms with van der Waals surface area (Å²) in [6.07, 6.45) is 6.15. The first-order valence-corrected chi connectivity index (χ1v) is 11.5. The predicted molar refractivity (Wildman–Crippen MR) is 106 cm³/mol. The van der Waals surface area contributed by atoms with Crippen molar-refractivity contribution in [2.24, 2.45) is 11.7 Å². The molecule has 0 radical (unpaired) electrons. The molecule has 1 saturated carbocycles. The van der Waals surface area contributed by atoms with Gasteiger partial charge < -0.3 is 11.1 Å². The Balaban J connectivity index is 1.60. The summed E-state index contributed by atoms with van der Waals surface area (Å²) in [6, 6.07) is 6.79. The van der Waals surface area contributed by atoms with E-state index in [9.17, 15) is 18.0 Å². The van der Waals surface area contributed by atoms with Gasteiger partial charge >= 0.3 is 0 Å². The number of Topliss-reactive ketones (excluding diaryl/α,β-unsaturated/α-hetero) is 1. The SMILES string of the molecule is N[C@@H](CC1CCCC1)C(=O)NC1CCCN(S(=O)(=O)c2ccccc2)CC1=O. The number of carbonyl (C=O) groups is 2. The number of nitrogens with two attached hydrogens (primary N) is 1. The summed E-state index contributed by atoms with van der Waals surface area (Å²) in [5, 5.41) is 2.76. The smallest absolute Gasteiger partial charge is 0.243 e. The second kappa shape index (κ2) is 9.15. The first-order chi connectivity index (χ1) is 13.4. The quantitative estimate of drug-likeness (QED) is 0.741. The largest absolute Gasteiger partial charge is 0.345 e. The van der Waals surface area contributed by atoms with Crippen molar-refractivity contribution in [3.8, 4) is 0 Å². The number of amides is 1. The van der Waals surface area contributed by atoms with Crippen LogP contribution in [-0.2, 0) is 19.6 Å². The molecule has 2 atom stereocenters. The van der Waals surface area contributed by atoms with Gasteiger partial charge in [0.15, 0.2) is 5.78 Å². The fraction of sp³-hybridized carbons (Fsp3) is 0.600. The van der Waals surface area contributed by atoms with Gasteiger partial charge in [-0.15, -0.1) is 0 Å². The van der Waals surface area contributed by atoms with Gasteiger partial charge in [-0.05, 0) is 37.3 Å². The maximum absolute atomic E-state index is 12.8. The van der Waals surface area contributed by atoms with Crippen LogP contribution in [-0.4, -0.2) is 49.6 Å². The van der Waals surface area contributed by atoms with Crippen molar-refractivity contribution in [2.45, 2.75) is 61.9 Å². The molecule has 1 aromatic carbocycles. The van der Waals surface area contributed by atoms with E-state index in [2.05, 4.69) is 5.32 Å². The molecule has 1 saturated heterocycles. The molecular formula is C20H29N3O4S. The summed E-state index contributed by atoms with van der Waals surface area (Å²) in [5.41, 5.74) is 6.04. The second-order valence-electron chi connectivity index (χ2n) is 7.81. The summed E-state index contributed by atoms with van der Waals surface area (Å²) < 4.78 is 26.8. The highest BCUT2D eigenvalue weighted by molar-refractivity contribution is 7.89. The van der Waals surface area contributed by atoms with Crippen LogP contribution in [0, 0.1) is 5.92 Å². The normalized spacial score (nSPS) is 23.3. The van der Waals surface area contributed by atoms with Crippen LogP contribution in [0.1, 0.15) is 44.9 Å². The fourth-order valence-electron chi connectivity index (χ4n) is 4.09. The number of nitrogens with zero attached hydrogens (tertiary/aromatic N) is 1. The van der Waals surface area contributed by atoms with Gasteiger partial charge in [0.25, 0.3) is 0 Å². The molecule has 7 nitrogen and oxygen atoms in total. The van der Waals surface area contributed by atoms with E-state index in [4.69, 9.17) is 5.73 Å².